The quantitative estimate of drug-likeness (QED) is 0.855. The summed E-state index contributed by atoms with van der Waals surface area (Å²) >= 11 is 0. The van der Waals surface area contributed by atoms with E-state index >= 15 is 0 Å². The highest BCUT2D eigenvalue weighted by Gasteiger charge is 2.16. The van der Waals surface area contributed by atoms with Crippen LogP contribution in [0, 0.1) is 0 Å². The number of aromatic nitrogens is 1. The third-order valence-corrected chi connectivity index (χ3v) is 2.74. The zero-order valence-electron chi connectivity index (χ0n) is 10.5. The number of amides is 1. The highest BCUT2D eigenvalue weighted by atomic mass is 16.5. The number of rotatable bonds is 6. The minimum Gasteiger partial charge on any atom is -0.367 e. The molecule has 4 heteroatoms. The Hall–Kier alpha value is -2.20. The molecule has 98 valence electrons. The average molecular weight is 256 g/mol. The fourth-order valence-electron chi connectivity index (χ4n) is 1.74. The van der Waals surface area contributed by atoms with Crippen LogP contribution >= 0.6 is 0 Å². The van der Waals surface area contributed by atoms with Gasteiger partial charge >= 0.3 is 0 Å². The number of carbonyl (C=O) groups excluding carboxylic acids is 1. The van der Waals surface area contributed by atoms with Crippen LogP contribution in [0.5, 0.6) is 0 Å². The van der Waals surface area contributed by atoms with Gasteiger partial charge in [0.2, 0.25) is 5.91 Å². The molecule has 2 N–H and O–H groups in total. The second-order valence-corrected chi connectivity index (χ2v) is 4.21. The van der Waals surface area contributed by atoms with Crippen LogP contribution in [0.1, 0.15) is 11.3 Å². The van der Waals surface area contributed by atoms with Crippen molar-refractivity contribution in [2.75, 3.05) is 0 Å². The molecule has 1 aromatic carbocycles. The summed E-state index contributed by atoms with van der Waals surface area (Å²) < 4.78 is 5.56. The van der Waals surface area contributed by atoms with Gasteiger partial charge in [-0.3, -0.25) is 9.78 Å². The van der Waals surface area contributed by atoms with E-state index in [1.807, 2.05) is 48.5 Å². The molecule has 1 atom stereocenters. The summed E-state index contributed by atoms with van der Waals surface area (Å²) in [7, 11) is 0. The van der Waals surface area contributed by atoms with Crippen LogP contribution in [0.2, 0.25) is 0 Å². The number of nitrogens with zero attached hydrogens (tertiary/aromatic N) is 1. The second-order valence-electron chi connectivity index (χ2n) is 4.21. The molecule has 2 aromatic rings. The SMILES string of the molecule is NC(=O)C(Cc1ccccc1)OCc1ccccn1. The van der Waals surface area contributed by atoms with Crippen molar-refractivity contribution in [2.24, 2.45) is 5.73 Å². The van der Waals surface area contributed by atoms with Gasteiger partial charge in [0.15, 0.2) is 0 Å². The molecule has 19 heavy (non-hydrogen) atoms. The Morgan fingerprint density at radius 1 is 1.16 bits per heavy atom. The van der Waals surface area contributed by atoms with Crippen molar-refractivity contribution in [1.29, 1.82) is 0 Å². The standard InChI is InChI=1S/C15H16N2O2/c16-15(18)14(10-12-6-2-1-3-7-12)19-11-13-8-4-5-9-17-13/h1-9,14H,10-11H2,(H2,16,18). The molecular weight excluding hydrogens is 240 g/mol. The van der Waals surface area contributed by atoms with Crippen molar-refractivity contribution in [3.05, 3.63) is 66.0 Å². The fraction of sp³-hybridized carbons (Fsp3) is 0.200. The Balaban J connectivity index is 1.95. The topological polar surface area (TPSA) is 65.2 Å². The van der Waals surface area contributed by atoms with E-state index in [9.17, 15) is 4.79 Å². The summed E-state index contributed by atoms with van der Waals surface area (Å²) in [6, 6.07) is 15.2. The normalized spacial score (nSPS) is 12.0. The molecule has 1 amide bonds. The summed E-state index contributed by atoms with van der Waals surface area (Å²) in [5.74, 6) is -0.459. The van der Waals surface area contributed by atoms with E-state index in [0.717, 1.165) is 11.3 Å². The summed E-state index contributed by atoms with van der Waals surface area (Å²) in [5.41, 5.74) is 7.16. The Bertz CT molecular complexity index is 514. The van der Waals surface area contributed by atoms with E-state index in [2.05, 4.69) is 4.98 Å². The van der Waals surface area contributed by atoms with Crippen molar-refractivity contribution in [1.82, 2.24) is 4.98 Å². The lowest BCUT2D eigenvalue weighted by Gasteiger charge is -2.14. The molecule has 0 bridgehead atoms. The zero-order chi connectivity index (χ0) is 13.5. The third kappa shape index (κ3) is 4.19. The number of ether oxygens (including phenoxy) is 1. The van der Waals surface area contributed by atoms with Crippen LogP contribution in [0.3, 0.4) is 0 Å². The van der Waals surface area contributed by atoms with Crippen LogP contribution in [0.25, 0.3) is 0 Å². The van der Waals surface area contributed by atoms with Crippen LogP contribution in [-0.4, -0.2) is 17.0 Å². The van der Waals surface area contributed by atoms with Gasteiger partial charge in [-0.05, 0) is 17.7 Å². The summed E-state index contributed by atoms with van der Waals surface area (Å²) in [5, 5.41) is 0. The van der Waals surface area contributed by atoms with Gasteiger partial charge in [-0.25, -0.2) is 0 Å². The van der Waals surface area contributed by atoms with Gasteiger partial charge in [-0.2, -0.15) is 0 Å². The maximum atomic E-state index is 11.4. The minimum atomic E-state index is -0.635. The summed E-state index contributed by atoms with van der Waals surface area (Å²) in [6.45, 7) is 0.279. The summed E-state index contributed by atoms with van der Waals surface area (Å²) in [6.07, 6.45) is 1.53. The molecule has 0 saturated heterocycles. The highest BCUT2D eigenvalue weighted by molar-refractivity contribution is 5.79. The third-order valence-electron chi connectivity index (χ3n) is 2.74. The molecule has 0 aliphatic heterocycles. The fourth-order valence-corrected chi connectivity index (χ4v) is 1.74. The average Bonchev–Trinajstić information content (AvgIpc) is 2.45. The molecule has 0 radical (unpaired) electrons. The van der Waals surface area contributed by atoms with Gasteiger partial charge in [0.25, 0.3) is 0 Å². The van der Waals surface area contributed by atoms with Crippen molar-refractivity contribution >= 4 is 5.91 Å². The Morgan fingerprint density at radius 2 is 1.89 bits per heavy atom. The summed E-state index contributed by atoms with van der Waals surface area (Å²) in [4.78, 5) is 15.5. The lowest BCUT2D eigenvalue weighted by molar-refractivity contribution is -0.130. The molecule has 1 heterocycles. The second kappa shape index (κ2) is 6.66. The predicted octanol–water partition coefficient (Wildman–Crippen LogP) is 1.69. The van der Waals surface area contributed by atoms with Gasteiger partial charge in [0, 0.05) is 12.6 Å². The molecule has 0 aliphatic rings. The number of hydrogen-bond donors (Lipinski definition) is 1. The smallest absolute Gasteiger partial charge is 0.246 e. The van der Waals surface area contributed by atoms with Gasteiger partial charge < -0.3 is 10.5 Å². The minimum absolute atomic E-state index is 0.279. The molecule has 0 spiro atoms. The van der Waals surface area contributed by atoms with E-state index in [0.29, 0.717) is 6.42 Å². The monoisotopic (exact) mass is 256 g/mol. The largest absolute Gasteiger partial charge is 0.367 e. The molecule has 4 nitrogen and oxygen atoms in total. The first-order valence-corrected chi connectivity index (χ1v) is 6.10. The van der Waals surface area contributed by atoms with E-state index in [-0.39, 0.29) is 6.61 Å². The van der Waals surface area contributed by atoms with E-state index in [4.69, 9.17) is 10.5 Å². The first-order chi connectivity index (χ1) is 9.25. The number of benzene rings is 1. The number of hydrogen-bond acceptors (Lipinski definition) is 3. The Morgan fingerprint density at radius 3 is 2.53 bits per heavy atom. The van der Waals surface area contributed by atoms with Crippen LogP contribution < -0.4 is 5.73 Å². The zero-order valence-corrected chi connectivity index (χ0v) is 10.5. The van der Waals surface area contributed by atoms with Gasteiger partial charge in [-0.1, -0.05) is 36.4 Å². The first kappa shape index (κ1) is 13.2. The van der Waals surface area contributed by atoms with Crippen LogP contribution in [-0.2, 0) is 22.6 Å². The molecule has 1 unspecified atom stereocenters. The molecule has 1 aromatic heterocycles. The lowest BCUT2D eigenvalue weighted by Crippen LogP contribution is -2.33. The van der Waals surface area contributed by atoms with Crippen LogP contribution in [0.4, 0.5) is 0 Å². The van der Waals surface area contributed by atoms with E-state index in [1.165, 1.54) is 0 Å². The molecular formula is C15H16N2O2. The maximum Gasteiger partial charge on any atom is 0.246 e. The van der Waals surface area contributed by atoms with Gasteiger partial charge in [0.05, 0.1) is 12.3 Å². The van der Waals surface area contributed by atoms with Gasteiger partial charge in [-0.15, -0.1) is 0 Å². The Labute approximate surface area is 112 Å². The van der Waals surface area contributed by atoms with Crippen molar-refractivity contribution in [3.63, 3.8) is 0 Å². The molecule has 0 fully saturated rings. The molecule has 0 saturated carbocycles. The first-order valence-electron chi connectivity index (χ1n) is 6.10. The highest BCUT2D eigenvalue weighted by Crippen LogP contribution is 2.08. The van der Waals surface area contributed by atoms with Crippen LogP contribution in [0.15, 0.2) is 54.7 Å². The number of nitrogens with two attached hydrogens (primary N) is 1. The number of pyridine rings is 1. The van der Waals surface area contributed by atoms with E-state index < -0.39 is 12.0 Å². The number of carbonyl (C=O) groups is 1. The van der Waals surface area contributed by atoms with Gasteiger partial charge in [0.1, 0.15) is 6.10 Å². The van der Waals surface area contributed by atoms with Crippen molar-refractivity contribution in [2.45, 2.75) is 19.1 Å². The maximum absolute atomic E-state index is 11.4. The molecule has 2 rings (SSSR count). The van der Waals surface area contributed by atoms with Crippen molar-refractivity contribution in [3.8, 4) is 0 Å². The Kier molecular flexibility index (Phi) is 4.64. The predicted molar refractivity (Wildman–Crippen MR) is 72.2 cm³/mol. The lowest BCUT2D eigenvalue weighted by atomic mass is 10.1. The number of primary amides is 1. The molecule has 0 aliphatic carbocycles. The van der Waals surface area contributed by atoms with E-state index in [1.54, 1.807) is 6.20 Å². The van der Waals surface area contributed by atoms with Crippen molar-refractivity contribution < 1.29 is 9.53 Å².